The molecular weight excluding hydrogens is 276 g/mol. The molecule has 0 bridgehead atoms. The van der Waals surface area contributed by atoms with Gasteiger partial charge in [0.2, 0.25) is 0 Å². The molecule has 0 spiro atoms. The van der Waals surface area contributed by atoms with Gasteiger partial charge >= 0.3 is 0 Å². The van der Waals surface area contributed by atoms with Crippen molar-refractivity contribution in [3.05, 3.63) is 23.8 Å². The Balaban J connectivity index is 1.76. The molecule has 0 aromatic heterocycles. The van der Waals surface area contributed by atoms with E-state index in [0.29, 0.717) is 24.6 Å². The predicted octanol–water partition coefficient (Wildman–Crippen LogP) is 2.97. The SMILES string of the molecule is COc1cccc2c1OCC(CN1C(C)CCCC1C)C2N. The van der Waals surface area contributed by atoms with E-state index in [9.17, 15) is 0 Å². The maximum Gasteiger partial charge on any atom is 0.165 e. The van der Waals surface area contributed by atoms with E-state index in [4.69, 9.17) is 15.2 Å². The van der Waals surface area contributed by atoms with Crippen molar-refractivity contribution in [2.75, 3.05) is 20.3 Å². The molecule has 0 aliphatic carbocycles. The van der Waals surface area contributed by atoms with Crippen LogP contribution < -0.4 is 15.2 Å². The molecule has 2 aliphatic rings. The van der Waals surface area contributed by atoms with Crippen LogP contribution in [0, 0.1) is 5.92 Å². The van der Waals surface area contributed by atoms with Gasteiger partial charge in [0.05, 0.1) is 13.7 Å². The Bertz CT molecular complexity index is 510. The molecular formula is C18H28N2O2. The maximum atomic E-state index is 6.56. The number of fused-ring (bicyclic) bond motifs is 1. The second-order valence-electron chi connectivity index (χ2n) is 6.80. The van der Waals surface area contributed by atoms with Crippen molar-refractivity contribution in [3.8, 4) is 11.5 Å². The Kier molecular flexibility index (Phi) is 4.59. The number of methoxy groups -OCH3 is 1. The molecule has 2 heterocycles. The first-order chi connectivity index (χ1) is 10.6. The molecule has 0 amide bonds. The third-order valence-corrected chi connectivity index (χ3v) is 5.36. The number of hydrogen-bond acceptors (Lipinski definition) is 4. The number of benzene rings is 1. The van der Waals surface area contributed by atoms with Crippen molar-refractivity contribution in [3.63, 3.8) is 0 Å². The van der Waals surface area contributed by atoms with E-state index in [2.05, 4.69) is 24.8 Å². The molecule has 1 aromatic carbocycles. The van der Waals surface area contributed by atoms with Crippen LogP contribution >= 0.6 is 0 Å². The number of para-hydroxylation sites is 1. The fourth-order valence-electron chi connectivity index (χ4n) is 3.93. The normalized spacial score (nSPS) is 32.2. The molecule has 0 radical (unpaired) electrons. The molecule has 4 nitrogen and oxygen atoms in total. The van der Waals surface area contributed by atoms with Crippen molar-refractivity contribution in [2.24, 2.45) is 11.7 Å². The smallest absolute Gasteiger partial charge is 0.165 e. The van der Waals surface area contributed by atoms with Gasteiger partial charge in [0.15, 0.2) is 11.5 Å². The second-order valence-corrected chi connectivity index (χ2v) is 6.80. The third-order valence-electron chi connectivity index (χ3n) is 5.36. The average Bonchev–Trinajstić information content (AvgIpc) is 2.52. The van der Waals surface area contributed by atoms with Crippen LogP contribution in [0.5, 0.6) is 11.5 Å². The molecule has 122 valence electrons. The summed E-state index contributed by atoms with van der Waals surface area (Å²) in [7, 11) is 1.67. The Hall–Kier alpha value is -1.26. The zero-order chi connectivity index (χ0) is 15.7. The number of nitrogens with zero attached hydrogens (tertiary/aromatic N) is 1. The van der Waals surface area contributed by atoms with Crippen LogP contribution in [0.2, 0.25) is 0 Å². The van der Waals surface area contributed by atoms with Gasteiger partial charge in [-0.1, -0.05) is 18.6 Å². The molecule has 1 saturated heterocycles. The highest BCUT2D eigenvalue weighted by Crippen LogP contribution is 2.41. The first-order valence-corrected chi connectivity index (χ1v) is 8.42. The van der Waals surface area contributed by atoms with E-state index < -0.39 is 0 Å². The summed E-state index contributed by atoms with van der Waals surface area (Å²) in [6, 6.07) is 7.29. The third kappa shape index (κ3) is 2.82. The van der Waals surface area contributed by atoms with Gasteiger partial charge in [0.25, 0.3) is 0 Å². The summed E-state index contributed by atoms with van der Waals surface area (Å²) in [5.41, 5.74) is 7.64. The highest BCUT2D eigenvalue weighted by molar-refractivity contribution is 5.49. The number of piperidine rings is 1. The summed E-state index contributed by atoms with van der Waals surface area (Å²) in [6.07, 6.45) is 3.92. The lowest BCUT2D eigenvalue weighted by Crippen LogP contribution is -2.49. The van der Waals surface area contributed by atoms with Gasteiger partial charge in [-0.05, 0) is 32.8 Å². The van der Waals surface area contributed by atoms with E-state index in [1.54, 1.807) is 7.11 Å². The van der Waals surface area contributed by atoms with Crippen molar-refractivity contribution in [1.82, 2.24) is 4.90 Å². The second kappa shape index (κ2) is 6.47. The molecule has 2 aliphatic heterocycles. The minimum atomic E-state index is 0.0141. The first-order valence-electron chi connectivity index (χ1n) is 8.42. The fraction of sp³-hybridized carbons (Fsp3) is 0.667. The van der Waals surface area contributed by atoms with Gasteiger partial charge in [0.1, 0.15) is 0 Å². The standard InChI is InChI=1S/C18H28N2O2/c1-12-6-4-7-13(2)20(12)10-14-11-22-18-15(17(14)19)8-5-9-16(18)21-3/h5,8-9,12-14,17H,4,6-7,10-11,19H2,1-3H3. The number of hydrogen-bond donors (Lipinski definition) is 1. The van der Waals surface area contributed by atoms with Crippen LogP contribution in [-0.4, -0.2) is 37.2 Å². The Morgan fingerprint density at radius 2 is 2.00 bits per heavy atom. The number of ether oxygens (including phenoxy) is 2. The van der Waals surface area contributed by atoms with E-state index in [1.165, 1.54) is 19.3 Å². The molecule has 1 aromatic rings. The zero-order valence-electron chi connectivity index (χ0n) is 13.9. The van der Waals surface area contributed by atoms with Crippen LogP contribution in [0.3, 0.4) is 0 Å². The minimum Gasteiger partial charge on any atom is -0.493 e. The lowest BCUT2D eigenvalue weighted by Gasteiger charge is -2.43. The Morgan fingerprint density at radius 1 is 1.27 bits per heavy atom. The van der Waals surface area contributed by atoms with Crippen LogP contribution in [0.25, 0.3) is 0 Å². The van der Waals surface area contributed by atoms with Crippen LogP contribution in [0.4, 0.5) is 0 Å². The topological polar surface area (TPSA) is 47.7 Å². The molecule has 4 heteroatoms. The van der Waals surface area contributed by atoms with Gasteiger partial charge in [0, 0.05) is 36.2 Å². The molecule has 2 N–H and O–H groups in total. The molecule has 1 fully saturated rings. The van der Waals surface area contributed by atoms with Gasteiger partial charge < -0.3 is 15.2 Å². The monoisotopic (exact) mass is 304 g/mol. The highest BCUT2D eigenvalue weighted by Gasteiger charge is 2.34. The van der Waals surface area contributed by atoms with E-state index in [-0.39, 0.29) is 6.04 Å². The minimum absolute atomic E-state index is 0.0141. The summed E-state index contributed by atoms with van der Waals surface area (Å²) < 4.78 is 11.4. The fourth-order valence-corrected chi connectivity index (χ4v) is 3.93. The van der Waals surface area contributed by atoms with Crippen molar-refractivity contribution in [1.29, 1.82) is 0 Å². The molecule has 4 atom stereocenters. The van der Waals surface area contributed by atoms with Gasteiger partial charge in [-0.15, -0.1) is 0 Å². The van der Waals surface area contributed by atoms with Crippen molar-refractivity contribution >= 4 is 0 Å². The van der Waals surface area contributed by atoms with Gasteiger partial charge in [-0.2, -0.15) is 0 Å². The summed E-state index contributed by atoms with van der Waals surface area (Å²) in [6.45, 7) is 6.36. The zero-order valence-corrected chi connectivity index (χ0v) is 13.9. The van der Waals surface area contributed by atoms with Crippen LogP contribution in [-0.2, 0) is 0 Å². The maximum absolute atomic E-state index is 6.56. The summed E-state index contributed by atoms with van der Waals surface area (Å²) in [4.78, 5) is 2.61. The first kappa shape index (κ1) is 15.6. The average molecular weight is 304 g/mol. The molecule has 4 unspecified atom stereocenters. The van der Waals surface area contributed by atoms with Crippen LogP contribution in [0.15, 0.2) is 18.2 Å². The predicted molar refractivity (Wildman–Crippen MR) is 88.4 cm³/mol. The lowest BCUT2D eigenvalue weighted by atomic mass is 9.88. The van der Waals surface area contributed by atoms with E-state index in [0.717, 1.165) is 23.6 Å². The molecule has 0 saturated carbocycles. The summed E-state index contributed by atoms with van der Waals surface area (Å²) in [5.74, 6) is 1.95. The lowest BCUT2D eigenvalue weighted by molar-refractivity contribution is 0.0571. The number of rotatable bonds is 3. The van der Waals surface area contributed by atoms with Gasteiger partial charge in [-0.3, -0.25) is 4.90 Å². The quantitative estimate of drug-likeness (QED) is 0.932. The van der Waals surface area contributed by atoms with E-state index >= 15 is 0 Å². The largest absolute Gasteiger partial charge is 0.493 e. The molecule has 22 heavy (non-hydrogen) atoms. The number of likely N-dealkylation sites (tertiary alicyclic amines) is 1. The van der Waals surface area contributed by atoms with E-state index in [1.807, 2.05) is 12.1 Å². The summed E-state index contributed by atoms with van der Waals surface area (Å²) >= 11 is 0. The highest BCUT2D eigenvalue weighted by atomic mass is 16.5. The Labute approximate surface area is 133 Å². The van der Waals surface area contributed by atoms with Crippen LogP contribution in [0.1, 0.15) is 44.7 Å². The van der Waals surface area contributed by atoms with Crippen molar-refractivity contribution < 1.29 is 9.47 Å². The Morgan fingerprint density at radius 3 is 2.68 bits per heavy atom. The molecule has 3 rings (SSSR count). The number of nitrogens with two attached hydrogens (primary N) is 1. The van der Waals surface area contributed by atoms with Gasteiger partial charge in [-0.25, -0.2) is 0 Å². The van der Waals surface area contributed by atoms with Crippen molar-refractivity contribution in [2.45, 2.75) is 51.2 Å². The summed E-state index contributed by atoms with van der Waals surface area (Å²) in [5, 5.41) is 0.